The predicted molar refractivity (Wildman–Crippen MR) is 128 cm³/mol. The predicted octanol–water partition coefficient (Wildman–Crippen LogP) is 3.86. The molecule has 3 aromatic rings. The summed E-state index contributed by atoms with van der Waals surface area (Å²) in [6.45, 7) is 6.26. The van der Waals surface area contributed by atoms with E-state index < -0.39 is 10.0 Å². The van der Waals surface area contributed by atoms with E-state index in [4.69, 9.17) is 14.5 Å². The minimum absolute atomic E-state index is 0.148. The zero-order valence-corrected chi connectivity index (χ0v) is 20.6. The molecule has 0 saturated carbocycles. The van der Waals surface area contributed by atoms with Crippen LogP contribution >= 0.6 is 11.8 Å². The molecule has 0 aliphatic carbocycles. The standard InChI is InChI=1S/C23H27N3O5S2/c1-5-25(6-2)33(28,29)16-11-12-18-17(14-16)24-23(32-21-13-15(3)31-22(21)27)26(18)19-9-7-8-10-20(19)30-4/h7-12,14-15,21H,5-6,13H2,1-4H3/t15-,21+/m1/s1. The highest BCUT2D eigenvalue weighted by molar-refractivity contribution is 8.00. The van der Waals surface area contributed by atoms with Gasteiger partial charge in [-0.15, -0.1) is 0 Å². The third-order valence-corrected chi connectivity index (χ3v) is 8.84. The number of ether oxygens (including phenoxy) is 2. The van der Waals surface area contributed by atoms with E-state index in [0.717, 1.165) is 11.2 Å². The highest BCUT2D eigenvalue weighted by atomic mass is 32.2. The van der Waals surface area contributed by atoms with Gasteiger partial charge >= 0.3 is 5.97 Å². The molecule has 1 saturated heterocycles. The molecule has 1 fully saturated rings. The van der Waals surface area contributed by atoms with Crippen LogP contribution in [0.5, 0.6) is 5.75 Å². The second-order valence-electron chi connectivity index (χ2n) is 7.73. The molecule has 8 nitrogen and oxygen atoms in total. The third-order valence-electron chi connectivity index (χ3n) is 5.64. The van der Waals surface area contributed by atoms with Crippen molar-refractivity contribution in [1.29, 1.82) is 0 Å². The van der Waals surface area contributed by atoms with E-state index in [1.165, 1.54) is 16.1 Å². The van der Waals surface area contributed by atoms with Crippen LogP contribution in [0.1, 0.15) is 27.2 Å². The summed E-state index contributed by atoms with van der Waals surface area (Å²) in [5.74, 6) is 0.372. The average molecular weight is 490 g/mol. The largest absolute Gasteiger partial charge is 0.495 e. The number of cyclic esters (lactones) is 1. The zero-order valence-electron chi connectivity index (χ0n) is 19.0. The number of hydrogen-bond acceptors (Lipinski definition) is 7. The van der Waals surface area contributed by atoms with Gasteiger partial charge in [0.2, 0.25) is 10.0 Å². The zero-order chi connectivity index (χ0) is 23.8. The number of hydrogen-bond donors (Lipinski definition) is 0. The van der Waals surface area contributed by atoms with Crippen LogP contribution in [0.2, 0.25) is 0 Å². The van der Waals surface area contributed by atoms with Gasteiger partial charge in [0, 0.05) is 19.5 Å². The molecule has 1 aliphatic heterocycles. The highest BCUT2D eigenvalue weighted by Gasteiger charge is 2.34. The van der Waals surface area contributed by atoms with Gasteiger partial charge in [0.15, 0.2) is 5.16 Å². The molecule has 0 bridgehead atoms. The van der Waals surface area contributed by atoms with Gasteiger partial charge in [-0.05, 0) is 37.3 Å². The lowest BCUT2D eigenvalue weighted by molar-refractivity contribution is -0.140. The number of carbonyl (C=O) groups excluding carboxylic acids is 1. The summed E-state index contributed by atoms with van der Waals surface area (Å²) in [6, 6.07) is 12.5. The summed E-state index contributed by atoms with van der Waals surface area (Å²) >= 11 is 1.32. The second-order valence-corrected chi connectivity index (χ2v) is 10.8. The molecule has 4 rings (SSSR count). The van der Waals surface area contributed by atoms with Crippen LogP contribution in [0, 0.1) is 0 Å². The normalized spacial score (nSPS) is 18.8. The van der Waals surface area contributed by atoms with Crippen molar-refractivity contribution in [2.75, 3.05) is 20.2 Å². The van der Waals surface area contributed by atoms with Crippen molar-refractivity contribution >= 4 is 38.8 Å². The van der Waals surface area contributed by atoms with Crippen LogP contribution in [0.3, 0.4) is 0 Å². The Kier molecular flexibility index (Phi) is 6.69. The lowest BCUT2D eigenvalue weighted by Crippen LogP contribution is -2.30. The van der Waals surface area contributed by atoms with Gasteiger partial charge in [-0.1, -0.05) is 37.7 Å². The number of nitrogens with zero attached hydrogens (tertiary/aromatic N) is 3. The summed E-state index contributed by atoms with van der Waals surface area (Å²) in [4.78, 5) is 17.3. The Labute approximate surface area is 197 Å². The van der Waals surface area contributed by atoms with Crippen LogP contribution < -0.4 is 4.74 Å². The first kappa shape index (κ1) is 23.6. The fourth-order valence-electron chi connectivity index (χ4n) is 3.98. The molecule has 2 aromatic carbocycles. The maximum atomic E-state index is 13.1. The van der Waals surface area contributed by atoms with Crippen LogP contribution in [-0.2, 0) is 19.6 Å². The van der Waals surface area contributed by atoms with Gasteiger partial charge < -0.3 is 9.47 Å². The maximum Gasteiger partial charge on any atom is 0.319 e. The van der Waals surface area contributed by atoms with Crippen molar-refractivity contribution < 1.29 is 22.7 Å². The molecule has 10 heteroatoms. The van der Waals surface area contributed by atoms with Crippen LogP contribution in [0.15, 0.2) is 52.5 Å². The molecule has 2 heterocycles. The number of sulfonamides is 1. The Bertz CT molecular complexity index is 1280. The Morgan fingerprint density at radius 1 is 1.21 bits per heavy atom. The van der Waals surface area contributed by atoms with Crippen molar-refractivity contribution in [2.45, 2.75) is 48.6 Å². The number of imidazole rings is 1. The number of methoxy groups -OCH3 is 1. The molecular weight excluding hydrogens is 462 g/mol. The van der Waals surface area contributed by atoms with Gasteiger partial charge in [-0.3, -0.25) is 9.36 Å². The molecule has 33 heavy (non-hydrogen) atoms. The summed E-state index contributed by atoms with van der Waals surface area (Å²) in [5, 5.41) is 0.187. The van der Waals surface area contributed by atoms with E-state index in [0.29, 0.717) is 35.9 Å². The Balaban J connectivity index is 1.88. The van der Waals surface area contributed by atoms with E-state index in [1.807, 2.05) is 49.6 Å². The number of para-hydroxylation sites is 2. The quantitative estimate of drug-likeness (QED) is 0.444. The lowest BCUT2D eigenvalue weighted by atomic mass is 10.2. The van der Waals surface area contributed by atoms with Crippen molar-refractivity contribution in [3.63, 3.8) is 0 Å². The molecule has 0 N–H and O–H groups in total. The van der Waals surface area contributed by atoms with Gasteiger partial charge in [0.05, 0.1) is 28.7 Å². The molecular formula is C23H27N3O5S2. The molecule has 0 unspecified atom stereocenters. The highest BCUT2D eigenvalue weighted by Crippen LogP contribution is 2.38. The monoisotopic (exact) mass is 489 g/mol. The van der Waals surface area contributed by atoms with Gasteiger partial charge in [0.25, 0.3) is 0 Å². The van der Waals surface area contributed by atoms with E-state index in [-0.39, 0.29) is 22.2 Å². The Hall–Kier alpha value is -2.56. The smallest absolute Gasteiger partial charge is 0.319 e. The van der Waals surface area contributed by atoms with Crippen LogP contribution in [0.25, 0.3) is 16.7 Å². The van der Waals surface area contributed by atoms with Crippen LogP contribution in [-0.4, -0.2) is 59.8 Å². The summed E-state index contributed by atoms with van der Waals surface area (Å²) in [5.41, 5.74) is 2.00. The second kappa shape index (κ2) is 9.36. The van der Waals surface area contributed by atoms with E-state index in [1.54, 1.807) is 25.3 Å². The topological polar surface area (TPSA) is 90.7 Å². The van der Waals surface area contributed by atoms with E-state index in [2.05, 4.69) is 0 Å². The first-order valence-corrected chi connectivity index (χ1v) is 13.1. The minimum Gasteiger partial charge on any atom is -0.495 e. The Morgan fingerprint density at radius 2 is 1.94 bits per heavy atom. The van der Waals surface area contributed by atoms with Crippen molar-refractivity contribution in [3.05, 3.63) is 42.5 Å². The Morgan fingerprint density at radius 3 is 2.58 bits per heavy atom. The number of thioether (sulfide) groups is 1. The number of carbonyl (C=O) groups is 1. The van der Waals surface area contributed by atoms with Crippen LogP contribution in [0.4, 0.5) is 0 Å². The summed E-state index contributed by atoms with van der Waals surface area (Å²) < 4.78 is 40.3. The number of esters is 1. The van der Waals surface area contributed by atoms with E-state index >= 15 is 0 Å². The molecule has 0 amide bonds. The van der Waals surface area contributed by atoms with Crippen molar-refractivity contribution in [2.24, 2.45) is 0 Å². The fraction of sp³-hybridized carbons (Fsp3) is 0.391. The first-order valence-electron chi connectivity index (χ1n) is 10.8. The molecule has 1 aliphatic rings. The summed E-state index contributed by atoms with van der Waals surface area (Å²) in [7, 11) is -2.04. The third kappa shape index (κ3) is 4.34. The number of benzene rings is 2. The van der Waals surface area contributed by atoms with Crippen molar-refractivity contribution in [3.8, 4) is 11.4 Å². The van der Waals surface area contributed by atoms with Crippen molar-refractivity contribution in [1.82, 2.24) is 13.9 Å². The average Bonchev–Trinajstić information content (AvgIpc) is 3.31. The lowest BCUT2D eigenvalue weighted by Gasteiger charge is -2.18. The molecule has 0 radical (unpaired) electrons. The van der Waals surface area contributed by atoms with Gasteiger partial charge in [-0.2, -0.15) is 4.31 Å². The number of aromatic nitrogens is 2. The minimum atomic E-state index is -3.63. The summed E-state index contributed by atoms with van der Waals surface area (Å²) in [6.07, 6.45) is 0.435. The first-order chi connectivity index (χ1) is 15.8. The van der Waals surface area contributed by atoms with Gasteiger partial charge in [0.1, 0.15) is 17.1 Å². The van der Waals surface area contributed by atoms with E-state index in [9.17, 15) is 13.2 Å². The molecule has 176 valence electrons. The molecule has 1 aromatic heterocycles. The van der Waals surface area contributed by atoms with Gasteiger partial charge in [-0.25, -0.2) is 13.4 Å². The number of rotatable bonds is 8. The fourth-order valence-corrected chi connectivity index (χ4v) is 6.69. The molecule has 0 spiro atoms. The number of fused-ring (bicyclic) bond motifs is 1. The molecule has 2 atom stereocenters. The SMILES string of the molecule is CCN(CC)S(=O)(=O)c1ccc2c(c1)nc(S[C@H]1C[C@@H](C)OC1=O)n2-c1ccccc1OC. The maximum absolute atomic E-state index is 13.1.